The van der Waals surface area contributed by atoms with Gasteiger partial charge in [-0.3, -0.25) is 9.59 Å². The van der Waals surface area contributed by atoms with Crippen LogP contribution in [0.5, 0.6) is 11.5 Å². The molecule has 0 heterocycles. The van der Waals surface area contributed by atoms with Crippen molar-refractivity contribution in [3.8, 4) is 11.5 Å². The van der Waals surface area contributed by atoms with E-state index in [1.165, 1.54) is 6.92 Å². The van der Waals surface area contributed by atoms with Crippen molar-refractivity contribution in [2.24, 2.45) is 5.92 Å². The van der Waals surface area contributed by atoms with Crippen LogP contribution in [-0.2, 0) is 19.1 Å². The summed E-state index contributed by atoms with van der Waals surface area (Å²) in [6.07, 6.45) is 0. The summed E-state index contributed by atoms with van der Waals surface area (Å²) in [7, 11) is 0. The minimum Gasteiger partial charge on any atom is -0.490 e. The molecule has 0 atom stereocenters. The van der Waals surface area contributed by atoms with Crippen molar-refractivity contribution in [1.29, 1.82) is 0 Å². The molecule has 0 saturated heterocycles. The Balaban J connectivity index is 1.58. The lowest BCUT2D eigenvalue weighted by atomic mass is 10.2. The van der Waals surface area contributed by atoms with Crippen molar-refractivity contribution in [3.05, 3.63) is 60.7 Å². The first kappa shape index (κ1) is 19.3. The fourth-order valence-corrected chi connectivity index (χ4v) is 1.98. The summed E-state index contributed by atoms with van der Waals surface area (Å²) in [5, 5.41) is 0. The Bertz CT molecular complexity index is 612. The van der Waals surface area contributed by atoms with Gasteiger partial charge in [-0.15, -0.1) is 0 Å². The standard InChI is InChI=1S/C20H22O6/c1-16(19(21)25-14-12-23-17-8-4-2-5-9-17)20(22)26-15-13-24-18-10-6-3-7-11-18/h2-11,16H,12-15H2,1H3. The SMILES string of the molecule is CC(C(=O)OCCOc1ccccc1)C(=O)OCCOc1ccccc1. The van der Waals surface area contributed by atoms with Crippen LogP contribution in [0.3, 0.4) is 0 Å². The van der Waals surface area contributed by atoms with Gasteiger partial charge in [0, 0.05) is 0 Å². The Hall–Kier alpha value is -3.02. The van der Waals surface area contributed by atoms with Crippen molar-refractivity contribution in [2.75, 3.05) is 26.4 Å². The summed E-state index contributed by atoms with van der Waals surface area (Å²) in [4.78, 5) is 23.7. The number of rotatable bonds is 10. The van der Waals surface area contributed by atoms with E-state index >= 15 is 0 Å². The third-order valence-electron chi connectivity index (χ3n) is 3.39. The van der Waals surface area contributed by atoms with Gasteiger partial charge in [0.15, 0.2) is 5.92 Å². The van der Waals surface area contributed by atoms with Crippen molar-refractivity contribution in [1.82, 2.24) is 0 Å². The second-order valence-electron chi connectivity index (χ2n) is 5.38. The van der Waals surface area contributed by atoms with Gasteiger partial charge in [0.05, 0.1) is 0 Å². The average Bonchev–Trinajstić information content (AvgIpc) is 2.69. The molecule has 0 aliphatic rings. The summed E-state index contributed by atoms with van der Waals surface area (Å²) in [5.74, 6) is -0.904. The van der Waals surface area contributed by atoms with E-state index in [1.54, 1.807) is 24.3 Å². The molecule has 26 heavy (non-hydrogen) atoms. The van der Waals surface area contributed by atoms with E-state index < -0.39 is 17.9 Å². The lowest BCUT2D eigenvalue weighted by Crippen LogP contribution is -2.27. The molecule has 0 aliphatic heterocycles. The number of carbonyl (C=O) groups is 2. The summed E-state index contributed by atoms with van der Waals surface area (Å²) < 4.78 is 20.9. The van der Waals surface area contributed by atoms with E-state index in [4.69, 9.17) is 18.9 Å². The summed E-state index contributed by atoms with van der Waals surface area (Å²) >= 11 is 0. The number of hydrogen-bond acceptors (Lipinski definition) is 6. The Morgan fingerprint density at radius 1 is 0.692 bits per heavy atom. The third kappa shape index (κ3) is 6.84. The molecular formula is C20H22O6. The predicted octanol–water partition coefficient (Wildman–Crippen LogP) is 2.87. The zero-order chi connectivity index (χ0) is 18.6. The number of hydrogen-bond donors (Lipinski definition) is 0. The monoisotopic (exact) mass is 358 g/mol. The number of benzene rings is 2. The van der Waals surface area contributed by atoms with Crippen LogP contribution in [0.25, 0.3) is 0 Å². The molecule has 0 radical (unpaired) electrons. The lowest BCUT2D eigenvalue weighted by molar-refractivity contribution is -0.162. The predicted molar refractivity (Wildman–Crippen MR) is 95.0 cm³/mol. The molecule has 0 aliphatic carbocycles. The van der Waals surface area contributed by atoms with E-state index in [1.807, 2.05) is 36.4 Å². The summed E-state index contributed by atoms with van der Waals surface area (Å²) in [6.45, 7) is 1.98. The second-order valence-corrected chi connectivity index (χ2v) is 5.38. The molecule has 0 bridgehead atoms. The van der Waals surface area contributed by atoms with Crippen LogP contribution < -0.4 is 9.47 Å². The molecular weight excluding hydrogens is 336 g/mol. The molecule has 0 fully saturated rings. The Morgan fingerprint density at radius 3 is 1.46 bits per heavy atom. The Labute approximate surface area is 152 Å². The highest BCUT2D eigenvalue weighted by Gasteiger charge is 2.24. The molecule has 0 unspecified atom stereocenters. The van der Waals surface area contributed by atoms with Crippen LogP contribution in [0.1, 0.15) is 6.92 Å². The first-order valence-corrected chi connectivity index (χ1v) is 8.36. The number of carbonyl (C=O) groups excluding carboxylic acids is 2. The molecule has 6 heteroatoms. The number of ether oxygens (including phenoxy) is 4. The molecule has 2 rings (SSSR count). The van der Waals surface area contributed by atoms with Gasteiger partial charge in [-0.1, -0.05) is 36.4 Å². The first-order chi connectivity index (χ1) is 12.7. The Kier molecular flexibility index (Phi) is 7.99. The van der Waals surface area contributed by atoms with Gasteiger partial charge in [0.1, 0.15) is 37.9 Å². The molecule has 2 aromatic rings. The number of para-hydroxylation sites is 2. The fourth-order valence-electron chi connectivity index (χ4n) is 1.98. The highest BCUT2D eigenvalue weighted by atomic mass is 16.6. The van der Waals surface area contributed by atoms with Gasteiger partial charge in [-0.2, -0.15) is 0 Å². The van der Waals surface area contributed by atoms with Crippen molar-refractivity contribution in [2.45, 2.75) is 6.92 Å². The van der Waals surface area contributed by atoms with Crippen molar-refractivity contribution >= 4 is 11.9 Å². The average molecular weight is 358 g/mol. The maximum absolute atomic E-state index is 11.8. The van der Waals surface area contributed by atoms with Crippen LogP contribution in [0.2, 0.25) is 0 Å². The topological polar surface area (TPSA) is 71.1 Å². The molecule has 2 aromatic carbocycles. The van der Waals surface area contributed by atoms with E-state index in [9.17, 15) is 9.59 Å². The van der Waals surface area contributed by atoms with Gasteiger partial charge in [0.25, 0.3) is 0 Å². The van der Waals surface area contributed by atoms with Crippen LogP contribution in [-0.4, -0.2) is 38.4 Å². The van der Waals surface area contributed by atoms with Gasteiger partial charge in [0.2, 0.25) is 0 Å². The van der Waals surface area contributed by atoms with Gasteiger partial charge in [-0.25, -0.2) is 0 Å². The minimum absolute atomic E-state index is 0.0580. The number of esters is 2. The van der Waals surface area contributed by atoms with Crippen LogP contribution in [0.15, 0.2) is 60.7 Å². The van der Waals surface area contributed by atoms with E-state index in [-0.39, 0.29) is 26.4 Å². The van der Waals surface area contributed by atoms with Crippen molar-refractivity contribution < 1.29 is 28.5 Å². The fraction of sp³-hybridized carbons (Fsp3) is 0.300. The minimum atomic E-state index is -0.997. The summed E-state index contributed by atoms with van der Waals surface area (Å²) in [5.41, 5.74) is 0. The lowest BCUT2D eigenvalue weighted by Gasteiger charge is -2.12. The highest BCUT2D eigenvalue weighted by Crippen LogP contribution is 2.09. The molecule has 0 spiro atoms. The smallest absolute Gasteiger partial charge is 0.320 e. The van der Waals surface area contributed by atoms with E-state index in [2.05, 4.69) is 0 Å². The third-order valence-corrected chi connectivity index (χ3v) is 3.39. The largest absolute Gasteiger partial charge is 0.490 e. The van der Waals surface area contributed by atoms with Crippen LogP contribution in [0, 0.1) is 5.92 Å². The quantitative estimate of drug-likeness (QED) is 0.369. The second kappa shape index (κ2) is 10.8. The maximum atomic E-state index is 11.8. The molecule has 0 N–H and O–H groups in total. The van der Waals surface area contributed by atoms with Crippen LogP contribution in [0.4, 0.5) is 0 Å². The van der Waals surface area contributed by atoms with Gasteiger partial charge < -0.3 is 18.9 Å². The first-order valence-electron chi connectivity index (χ1n) is 8.36. The molecule has 0 saturated carbocycles. The molecule has 0 amide bonds. The van der Waals surface area contributed by atoms with Gasteiger partial charge >= 0.3 is 11.9 Å². The molecule has 6 nitrogen and oxygen atoms in total. The molecule has 138 valence electrons. The normalized spacial score (nSPS) is 10.2. The van der Waals surface area contributed by atoms with Gasteiger partial charge in [-0.05, 0) is 31.2 Å². The zero-order valence-corrected chi connectivity index (χ0v) is 14.6. The van der Waals surface area contributed by atoms with Crippen molar-refractivity contribution in [3.63, 3.8) is 0 Å². The zero-order valence-electron chi connectivity index (χ0n) is 14.6. The molecule has 0 aromatic heterocycles. The van der Waals surface area contributed by atoms with E-state index in [0.29, 0.717) is 11.5 Å². The maximum Gasteiger partial charge on any atom is 0.320 e. The van der Waals surface area contributed by atoms with E-state index in [0.717, 1.165) is 0 Å². The highest BCUT2D eigenvalue weighted by molar-refractivity contribution is 5.94. The Morgan fingerprint density at radius 2 is 1.08 bits per heavy atom. The van der Waals surface area contributed by atoms with Crippen LogP contribution >= 0.6 is 0 Å². The summed E-state index contributed by atoms with van der Waals surface area (Å²) in [6, 6.07) is 18.4.